The van der Waals surface area contributed by atoms with Crippen LogP contribution in [0.4, 0.5) is 0 Å². The summed E-state index contributed by atoms with van der Waals surface area (Å²) in [7, 11) is 4.65. The van der Waals surface area contributed by atoms with Crippen LogP contribution in [0.3, 0.4) is 0 Å². The van der Waals surface area contributed by atoms with E-state index in [1.54, 1.807) is 26.4 Å². The van der Waals surface area contributed by atoms with Crippen molar-refractivity contribution in [2.45, 2.75) is 6.61 Å². The number of benzene rings is 1. The fourth-order valence-electron chi connectivity index (χ4n) is 1.38. The van der Waals surface area contributed by atoms with Crippen molar-refractivity contribution < 1.29 is 14.2 Å². The number of hydrogen-bond acceptors (Lipinski definition) is 4. The number of methoxy groups -OCH3 is 3. The zero-order valence-electron chi connectivity index (χ0n) is 9.03. The van der Waals surface area contributed by atoms with Gasteiger partial charge in [0, 0.05) is 12.7 Å². The molecule has 0 saturated carbocycles. The predicted octanol–water partition coefficient (Wildman–Crippen LogP) is 1.72. The van der Waals surface area contributed by atoms with Crippen LogP contribution in [0.15, 0.2) is 12.1 Å². The van der Waals surface area contributed by atoms with Gasteiger partial charge in [-0.3, -0.25) is 0 Å². The summed E-state index contributed by atoms with van der Waals surface area (Å²) in [5.41, 5.74) is 1.17. The molecule has 4 heteroatoms. The third-order valence-corrected chi connectivity index (χ3v) is 2.07. The Kier molecular flexibility index (Phi) is 3.95. The maximum Gasteiger partial charge on any atom is 0.137 e. The van der Waals surface area contributed by atoms with E-state index in [0.29, 0.717) is 29.2 Å². The molecule has 1 rings (SSSR count). The lowest BCUT2D eigenvalue weighted by Crippen LogP contribution is -2.00. The number of ether oxygens (including phenoxy) is 3. The van der Waals surface area contributed by atoms with Gasteiger partial charge in [0.2, 0.25) is 0 Å². The van der Waals surface area contributed by atoms with Crippen LogP contribution in [0.25, 0.3) is 0 Å². The summed E-state index contributed by atoms with van der Waals surface area (Å²) < 4.78 is 15.3. The summed E-state index contributed by atoms with van der Waals surface area (Å²) in [5.74, 6) is 1.17. The largest absolute Gasteiger partial charge is 0.496 e. The molecule has 0 aliphatic heterocycles. The predicted molar refractivity (Wildman–Crippen MR) is 55.0 cm³/mol. The zero-order chi connectivity index (χ0) is 11.3. The summed E-state index contributed by atoms with van der Waals surface area (Å²) in [6.07, 6.45) is 0. The van der Waals surface area contributed by atoms with Gasteiger partial charge in [0.25, 0.3) is 0 Å². The topological polar surface area (TPSA) is 51.5 Å². The molecule has 0 spiro atoms. The maximum atomic E-state index is 9.04. The summed E-state index contributed by atoms with van der Waals surface area (Å²) >= 11 is 0. The number of rotatable bonds is 4. The smallest absolute Gasteiger partial charge is 0.137 e. The SMILES string of the molecule is COCc1c(OC)ccc(OC)c1C#N. The van der Waals surface area contributed by atoms with E-state index in [1.807, 2.05) is 0 Å². The van der Waals surface area contributed by atoms with E-state index in [2.05, 4.69) is 6.07 Å². The first-order valence-electron chi connectivity index (χ1n) is 4.41. The highest BCUT2D eigenvalue weighted by Crippen LogP contribution is 2.30. The lowest BCUT2D eigenvalue weighted by Gasteiger charge is -2.12. The van der Waals surface area contributed by atoms with Crippen LogP contribution >= 0.6 is 0 Å². The van der Waals surface area contributed by atoms with Crippen LogP contribution in [-0.2, 0) is 11.3 Å². The second-order valence-electron chi connectivity index (χ2n) is 2.87. The molecule has 0 aliphatic rings. The van der Waals surface area contributed by atoms with E-state index in [0.717, 1.165) is 0 Å². The van der Waals surface area contributed by atoms with Crippen molar-refractivity contribution in [3.05, 3.63) is 23.3 Å². The molecule has 0 aromatic heterocycles. The maximum absolute atomic E-state index is 9.04. The molecule has 1 aromatic rings. The Morgan fingerprint density at radius 1 is 1.13 bits per heavy atom. The second-order valence-corrected chi connectivity index (χ2v) is 2.87. The molecule has 4 nitrogen and oxygen atoms in total. The van der Waals surface area contributed by atoms with Gasteiger partial charge in [0.05, 0.1) is 20.8 Å². The van der Waals surface area contributed by atoms with Crippen molar-refractivity contribution in [1.82, 2.24) is 0 Å². The fourth-order valence-corrected chi connectivity index (χ4v) is 1.38. The number of nitriles is 1. The third-order valence-electron chi connectivity index (χ3n) is 2.07. The van der Waals surface area contributed by atoms with Gasteiger partial charge in [0.15, 0.2) is 0 Å². The first-order valence-corrected chi connectivity index (χ1v) is 4.41. The van der Waals surface area contributed by atoms with E-state index < -0.39 is 0 Å². The van der Waals surface area contributed by atoms with Gasteiger partial charge < -0.3 is 14.2 Å². The molecule has 0 fully saturated rings. The van der Waals surface area contributed by atoms with Gasteiger partial charge in [-0.25, -0.2) is 0 Å². The minimum Gasteiger partial charge on any atom is -0.496 e. The van der Waals surface area contributed by atoms with E-state index >= 15 is 0 Å². The standard InChI is InChI=1S/C11H13NO3/c1-13-7-9-8(6-12)10(14-2)4-5-11(9)15-3/h4-5H,7H2,1-3H3. The molecule has 0 N–H and O–H groups in total. The molecule has 0 saturated heterocycles. The molecule has 0 atom stereocenters. The Labute approximate surface area is 89.0 Å². The summed E-state index contributed by atoms with van der Waals surface area (Å²) in [6.45, 7) is 0.323. The quantitative estimate of drug-likeness (QED) is 0.754. The van der Waals surface area contributed by atoms with Gasteiger partial charge in [-0.2, -0.15) is 5.26 Å². The van der Waals surface area contributed by atoms with Crippen LogP contribution in [-0.4, -0.2) is 21.3 Å². The first kappa shape index (κ1) is 11.3. The Balaban J connectivity index is 3.32. The third kappa shape index (κ3) is 2.20. The second kappa shape index (κ2) is 5.23. The highest BCUT2D eigenvalue weighted by molar-refractivity contribution is 5.54. The number of nitrogens with zero attached hydrogens (tertiary/aromatic N) is 1. The lowest BCUT2D eigenvalue weighted by molar-refractivity contribution is 0.181. The van der Waals surface area contributed by atoms with E-state index in [1.165, 1.54) is 7.11 Å². The van der Waals surface area contributed by atoms with E-state index in [-0.39, 0.29) is 0 Å². The highest BCUT2D eigenvalue weighted by atomic mass is 16.5. The van der Waals surface area contributed by atoms with Crippen molar-refractivity contribution >= 4 is 0 Å². The summed E-state index contributed by atoms with van der Waals surface area (Å²) in [6, 6.07) is 5.55. The van der Waals surface area contributed by atoms with E-state index in [9.17, 15) is 0 Å². The summed E-state index contributed by atoms with van der Waals surface area (Å²) in [4.78, 5) is 0. The molecule has 0 bridgehead atoms. The fraction of sp³-hybridized carbons (Fsp3) is 0.364. The van der Waals surface area contributed by atoms with E-state index in [4.69, 9.17) is 19.5 Å². The van der Waals surface area contributed by atoms with Crippen LogP contribution < -0.4 is 9.47 Å². The average molecular weight is 207 g/mol. The molecular weight excluding hydrogens is 194 g/mol. The monoisotopic (exact) mass is 207 g/mol. The van der Waals surface area contributed by atoms with Gasteiger partial charge in [-0.05, 0) is 12.1 Å². The van der Waals surface area contributed by atoms with Crippen molar-refractivity contribution in [1.29, 1.82) is 5.26 Å². The van der Waals surface area contributed by atoms with Crippen molar-refractivity contribution in [3.8, 4) is 17.6 Å². The zero-order valence-corrected chi connectivity index (χ0v) is 9.03. The van der Waals surface area contributed by atoms with Crippen LogP contribution in [0.2, 0.25) is 0 Å². The lowest BCUT2D eigenvalue weighted by atomic mass is 10.1. The molecule has 1 aromatic carbocycles. The minimum absolute atomic E-state index is 0.323. The Hall–Kier alpha value is -1.73. The van der Waals surface area contributed by atoms with Gasteiger partial charge in [0.1, 0.15) is 23.1 Å². The first-order chi connectivity index (χ1) is 7.28. The normalized spacial score (nSPS) is 9.47. The average Bonchev–Trinajstić information content (AvgIpc) is 2.28. The molecule has 80 valence electrons. The number of hydrogen-bond donors (Lipinski definition) is 0. The molecule has 0 aliphatic carbocycles. The van der Waals surface area contributed by atoms with Crippen LogP contribution in [0.1, 0.15) is 11.1 Å². The Bertz CT molecular complexity index is 382. The highest BCUT2D eigenvalue weighted by Gasteiger charge is 2.13. The van der Waals surface area contributed by atoms with Crippen molar-refractivity contribution in [2.24, 2.45) is 0 Å². The molecule has 0 unspecified atom stereocenters. The molecule has 0 heterocycles. The molecule has 0 amide bonds. The van der Waals surface area contributed by atoms with Gasteiger partial charge in [-0.15, -0.1) is 0 Å². The Morgan fingerprint density at radius 3 is 2.20 bits per heavy atom. The minimum atomic E-state index is 0.323. The van der Waals surface area contributed by atoms with Gasteiger partial charge >= 0.3 is 0 Å². The summed E-state index contributed by atoms with van der Waals surface area (Å²) in [5, 5.41) is 9.04. The molecular formula is C11H13NO3. The van der Waals surface area contributed by atoms with Gasteiger partial charge in [-0.1, -0.05) is 0 Å². The van der Waals surface area contributed by atoms with Crippen molar-refractivity contribution in [3.63, 3.8) is 0 Å². The molecule has 15 heavy (non-hydrogen) atoms. The molecule has 0 radical (unpaired) electrons. The van der Waals surface area contributed by atoms with Crippen molar-refractivity contribution in [2.75, 3.05) is 21.3 Å². The van der Waals surface area contributed by atoms with Crippen LogP contribution in [0.5, 0.6) is 11.5 Å². The van der Waals surface area contributed by atoms with Crippen LogP contribution in [0, 0.1) is 11.3 Å². The Morgan fingerprint density at radius 2 is 1.73 bits per heavy atom.